The minimum atomic E-state index is -0.335. The van der Waals surface area contributed by atoms with E-state index >= 15 is 0 Å². The van der Waals surface area contributed by atoms with Gasteiger partial charge in [0.2, 0.25) is 11.9 Å². The van der Waals surface area contributed by atoms with E-state index in [9.17, 15) is 9.59 Å². The largest absolute Gasteiger partial charge is 0.466 e. The molecule has 140 valence electrons. The molecular formula is C19H21N5O3. The van der Waals surface area contributed by atoms with Crippen molar-refractivity contribution < 1.29 is 9.53 Å². The first-order valence-electron chi connectivity index (χ1n) is 8.73. The summed E-state index contributed by atoms with van der Waals surface area (Å²) >= 11 is 0. The minimum Gasteiger partial charge on any atom is -0.466 e. The van der Waals surface area contributed by atoms with Crippen LogP contribution in [0.3, 0.4) is 0 Å². The third-order valence-electron chi connectivity index (χ3n) is 4.13. The predicted octanol–water partition coefficient (Wildman–Crippen LogP) is 2.57. The lowest BCUT2D eigenvalue weighted by atomic mass is 10.1. The first-order valence-corrected chi connectivity index (χ1v) is 8.73. The summed E-state index contributed by atoms with van der Waals surface area (Å²) in [6.45, 7) is 5.69. The van der Waals surface area contributed by atoms with E-state index in [4.69, 9.17) is 4.74 Å². The van der Waals surface area contributed by atoms with Crippen molar-refractivity contribution in [3.8, 4) is 0 Å². The molecule has 0 aliphatic carbocycles. The Balaban J connectivity index is 1.82. The number of H-pyrrole nitrogens is 1. The van der Waals surface area contributed by atoms with E-state index in [1.165, 1.54) is 0 Å². The zero-order valence-corrected chi connectivity index (χ0v) is 15.5. The molecule has 2 N–H and O–H groups in total. The molecule has 8 nitrogen and oxygen atoms in total. The van der Waals surface area contributed by atoms with Gasteiger partial charge >= 0.3 is 5.97 Å². The van der Waals surface area contributed by atoms with Crippen LogP contribution >= 0.6 is 0 Å². The molecule has 0 aliphatic rings. The minimum absolute atomic E-state index is 0.138. The zero-order valence-electron chi connectivity index (χ0n) is 15.5. The first-order chi connectivity index (χ1) is 13.0. The molecule has 2 heterocycles. The molecule has 0 fully saturated rings. The van der Waals surface area contributed by atoms with Crippen LogP contribution < -0.4 is 10.9 Å². The molecule has 0 atom stereocenters. The number of benzene rings is 1. The van der Waals surface area contributed by atoms with Crippen molar-refractivity contribution in [3.05, 3.63) is 51.6 Å². The van der Waals surface area contributed by atoms with Crippen molar-refractivity contribution in [2.24, 2.45) is 0 Å². The van der Waals surface area contributed by atoms with Crippen LogP contribution in [-0.2, 0) is 16.0 Å². The van der Waals surface area contributed by atoms with Crippen LogP contribution in [0.15, 0.2) is 29.1 Å². The standard InChI is InChI=1S/C19H21N5O3/c1-4-27-16(25)10-9-14-12(3)21-19(23-17(14)26)24-18-20-11(2)13-7-5-6-8-15(13)22-18/h5-8H,4,9-10H2,1-3H3,(H2,20,21,22,23,24,26). The number of aromatic nitrogens is 4. The second-order valence-electron chi connectivity index (χ2n) is 6.06. The number of ether oxygens (including phenoxy) is 1. The van der Waals surface area contributed by atoms with Crippen molar-refractivity contribution in [1.29, 1.82) is 0 Å². The average Bonchev–Trinajstić information content (AvgIpc) is 2.61. The van der Waals surface area contributed by atoms with Gasteiger partial charge in [0.1, 0.15) is 0 Å². The van der Waals surface area contributed by atoms with Gasteiger partial charge in [0, 0.05) is 23.1 Å². The van der Waals surface area contributed by atoms with Gasteiger partial charge in [-0.05, 0) is 33.3 Å². The third kappa shape index (κ3) is 4.28. The van der Waals surface area contributed by atoms with Gasteiger partial charge in [0.15, 0.2) is 0 Å². The van der Waals surface area contributed by atoms with Gasteiger partial charge in [-0.2, -0.15) is 0 Å². The van der Waals surface area contributed by atoms with Gasteiger partial charge in [-0.25, -0.2) is 15.0 Å². The SMILES string of the molecule is CCOC(=O)CCc1c(C)nc(Nc2nc(C)c3ccccc3n2)[nH]c1=O. The number of nitrogens with zero attached hydrogens (tertiary/aromatic N) is 3. The van der Waals surface area contributed by atoms with E-state index < -0.39 is 0 Å². The Morgan fingerprint density at radius 1 is 1.15 bits per heavy atom. The molecule has 0 spiro atoms. The van der Waals surface area contributed by atoms with Crippen LogP contribution in [0, 0.1) is 13.8 Å². The lowest BCUT2D eigenvalue weighted by molar-refractivity contribution is -0.143. The number of esters is 1. The van der Waals surface area contributed by atoms with E-state index in [1.54, 1.807) is 13.8 Å². The Hall–Kier alpha value is -3.29. The van der Waals surface area contributed by atoms with Crippen molar-refractivity contribution in [3.63, 3.8) is 0 Å². The highest BCUT2D eigenvalue weighted by Crippen LogP contribution is 2.18. The first kappa shape index (κ1) is 18.5. The molecule has 0 radical (unpaired) electrons. The highest BCUT2D eigenvalue weighted by Gasteiger charge is 2.12. The van der Waals surface area contributed by atoms with E-state index in [0.717, 1.165) is 16.6 Å². The molecular weight excluding hydrogens is 346 g/mol. The fraction of sp³-hybridized carbons (Fsp3) is 0.316. The number of hydrogen-bond acceptors (Lipinski definition) is 7. The molecule has 0 amide bonds. The molecule has 3 rings (SSSR count). The maximum atomic E-state index is 12.4. The molecule has 0 aliphatic heterocycles. The van der Waals surface area contributed by atoms with E-state index in [1.807, 2.05) is 31.2 Å². The molecule has 2 aromatic heterocycles. The number of carbonyl (C=O) groups is 1. The number of aryl methyl sites for hydroxylation is 2. The van der Waals surface area contributed by atoms with Crippen LogP contribution in [-0.4, -0.2) is 32.5 Å². The number of para-hydroxylation sites is 1. The molecule has 0 saturated heterocycles. The van der Waals surface area contributed by atoms with Gasteiger partial charge in [-0.15, -0.1) is 0 Å². The van der Waals surface area contributed by atoms with Gasteiger partial charge in [0.05, 0.1) is 17.8 Å². The van der Waals surface area contributed by atoms with Crippen molar-refractivity contribution in [1.82, 2.24) is 19.9 Å². The summed E-state index contributed by atoms with van der Waals surface area (Å²) in [6.07, 6.45) is 0.415. The van der Waals surface area contributed by atoms with Crippen LogP contribution in [0.25, 0.3) is 10.9 Å². The van der Waals surface area contributed by atoms with Crippen molar-refractivity contribution in [2.45, 2.75) is 33.6 Å². The Kier molecular flexibility index (Phi) is 5.44. The van der Waals surface area contributed by atoms with Gasteiger partial charge in [-0.3, -0.25) is 19.9 Å². The lowest BCUT2D eigenvalue weighted by Gasteiger charge is -2.09. The number of fused-ring (bicyclic) bond motifs is 1. The summed E-state index contributed by atoms with van der Waals surface area (Å²) in [5.74, 6) is 0.277. The number of hydrogen-bond donors (Lipinski definition) is 2. The Morgan fingerprint density at radius 3 is 2.67 bits per heavy atom. The van der Waals surface area contributed by atoms with Gasteiger partial charge in [0.25, 0.3) is 5.56 Å². The summed E-state index contributed by atoms with van der Waals surface area (Å²) in [5.41, 5.74) is 2.34. The third-order valence-corrected chi connectivity index (χ3v) is 4.13. The topological polar surface area (TPSA) is 110 Å². The van der Waals surface area contributed by atoms with Crippen molar-refractivity contribution >= 4 is 28.8 Å². The molecule has 27 heavy (non-hydrogen) atoms. The quantitative estimate of drug-likeness (QED) is 0.644. The normalized spacial score (nSPS) is 10.8. The van der Waals surface area contributed by atoms with E-state index in [0.29, 0.717) is 23.8 Å². The number of rotatable bonds is 6. The van der Waals surface area contributed by atoms with E-state index in [-0.39, 0.29) is 30.3 Å². The van der Waals surface area contributed by atoms with Crippen LogP contribution in [0.1, 0.15) is 30.3 Å². The summed E-state index contributed by atoms with van der Waals surface area (Å²) in [5, 5.41) is 3.92. The Bertz CT molecular complexity index is 1050. The second kappa shape index (κ2) is 7.94. The number of anilines is 2. The molecule has 0 saturated carbocycles. The smallest absolute Gasteiger partial charge is 0.306 e. The Morgan fingerprint density at radius 2 is 1.93 bits per heavy atom. The Labute approximate surface area is 156 Å². The predicted molar refractivity (Wildman–Crippen MR) is 102 cm³/mol. The van der Waals surface area contributed by atoms with Crippen LogP contribution in [0.4, 0.5) is 11.9 Å². The second-order valence-corrected chi connectivity index (χ2v) is 6.06. The molecule has 0 unspecified atom stereocenters. The lowest BCUT2D eigenvalue weighted by Crippen LogP contribution is -2.20. The van der Waals surface area contributed by atoms with Gasteiger partial charge < -0.3 is 4.74 Å². The maximum absolute atomic E-state index is 12.4. The molecule has 1 aromatic carbocycles. The van der Waals surface area contributed by atoms with E-state index in [2.05, 4.69) is 25.3 Å². The number of carbonyl (C=O) groups excluding carboxylic acids is 1. The van der Waals surface area contributed by atoms with Crippen LogP contribution in [0.2, 0.25) is 0 Å². The summed E-state index contributed by atoms with van der Waals surface area (Å²) in [7, 11) is 0. The summed E-state index contributed by atoms with van der Waals surface area (Å²) < 4.78 is 4.89. The molecule has 3 aromatic rings. The fourth-order valence-electron chi connectivity index (χ4n) is 2.82. The average molecular weight is 367 g/mol. The fourth-order valence-corrected chi connectivity index (χ4v) is 2.82. The monoisotopic (exact) mass is 367 g/mol. The maximum Gasteiger partial charge on any atom is 0.306 e. The van der Waals surface area contributed by atoms with Crippen LogP contribution in [0.5, 0.6) is 0 Å². The highest BCUT2D eigenvalue weighted by molar-refractivity contribution is 5.81. The summed E-state index contributed by atoms with van der Waals surface area (Å²) in [6, 6.07) is 7.69. The van der Waals surface area contributed by atoms with Gasteiger partial charge in [-0.1, -0.05) is 18.2 Å². The zero-order chi connectivity index (χ0) is 19.4. The molecule has 8 heteroatoms. The molecule has 0 bridgehead atoms. The number of nitrogens with one attached hydrogen (secondary N) is 2. The summed E-state index contributed by atoms with van der Waals surface area (Å²) in [4.78, 5) is 39.8. The highest BCUT2D eigenvalue weighted by atomic mass is 16.5. The van der Waals surface area contributed by atoms with Crippen molar-refractivity contribution in [2.75, 3.05) is 11.9 Å². The number of aromatic amines is 1.